The lowest BCUT2D eigenvalue weighted by Gasteiger charge is -2.15. The summed E-state index contributed by atoms with van der Waals surface area (Å²) in [6, 6.07) is 15.3. The minimum Gasteiger partial charge on any atom is -0.492 e. The van der Waals surface area contributed by atoms with Gasteiger partial charge >= 0.3 is 0 Å². The first-order chi connectivity index (χ1) is 11.6. The van der Waals surface area contributed by atoms with E-state index in [9.17, 15) is 4.79 Å². The van der Waals surface area contributed by atoms with E-state index in [0.29, 0.717) is 13.2 Å². The summed E-state index contributed by atoms with van der Waals surface area (Å²) in [6.45, 7) is 4.78. The van der Waals surface area contributed by atoms with Gasteiger partial charge in [-0.05, 0) is 43.7 Å². The SMILES string of the molecule is Cc1cccc(OCCNC(=O)C(C)n2cnc3ccccc32)c1. The highest BCUT2D eigenvalue weighted by atomic mass is 16.5. The number of hydrogen-bond acceptors (Lipinski definition) is 3. The molecule has 1 unspecified atom stereocenters. The summed E-state index contributed by atoms with van der Waals surface area (Å²) in [7, 11) is 0. The van der Waals surface area contributed by atoms with Crippen LogP contribution < -0.4 is 10.1 Å². The second-order valence-corrected chi connectivity index (χ2v) is 5.77. The molecule has 0 bridgehead atoms. The van der Waals surface area contributed by atoms with Gasteiger partial charge in [-0.2, -0.15) is 0 Å². The highest BCUT2D eigenvalue weighted by Crippen LogP contribution is 2.17. The number of aromatic nitrogens is 2. The Balaban J connectivity index is 1.53. The normalized spacial score (nSPS) is 12.1. The first-order valence-electron chi connectivity index (χ1n) is 8.04. The van der Waals surface area contributed by atoms with Crippen molar-refractivity contribution in [1.29, 1.82) is 0 Å². The largest absolute Gasteiger partial charge is 0.492 e. The van der Waals surface area contributed by atoms with Crippen molar-refractivity contribution in [1.82, 2.24) is 14.9 Å². The van der Waals surface area contributed by atoms with E-state index in [2.05, 4.69) is 10.3 Å². The third-order valence-corrected chi connectivity index (χ3v) is 3.94. The van der Waals surface area contributed by atoms with Crippen LogP contribution in [0.25, 0.3) is 11.0 Å². The molecule has 124 valence electrons. The molecule has 1 heterocycles. The molecule has 1 atom stereocenters. The number of ether oxygens (including phenoxy) is 1. The number of nitrogens with zero attached hydrogens (tertiary/aromatic N) is 2. The number of para-hydroxylation sites is 2. The van der Waals surface area contributed by atoms with Gasteiger partial charge in [-0.25, -0.2) is 4.98 Å². The first-order valence-corrected chi connectivity index (χ1v) is 8.04. The van der Waals surface area contributed by atoms with E-state index >= 15 is 0 Å². The Hall–Kier alpha value is -2.82. The van der Waals surface area contributed by atoms with Crippen molar-refractivity contribution in [3.8, 4) is 5.75 Å². The Bertz CT molecular complexity index is 841. The molecule has 0 saturated heterocycles. The minimum atomic E-state index is -0.323. The number of hydrogen-bond donors (Lipinski definition) is 1. The van der Waals surface area contributed by atoms with E-state index < -0.39 is 0 Å². The van der Waals surface area contributed by atoms with Crippen molar-refractivity contribution in [2.75, 3.05) is 13.2 Å². The van der Waals surface area contributed by atoms with Crippen LogP contribution in [-0.2, 0) is 4.79 Å². The van der Waals surface area contributed by atoms with Crippen molar-refractivity contribution in [3.63, 3.8) is 0 Å². The van der Waals surface area contributed by atoms with Crippen LogP contribution >= 0.6 is 0 Å². The second-order valence-electron chi connectivity index (χ2n) is 5.77. The third-order valence-electron chi connectivity index (χ3n) is 3.94. The lowest BCUT2D eigenvalue weighted by Crippen LogP contribution is -2.33. The van der Waals surface area contributed by atoms with Crippen molar-refractivity contribution in [2.45, 2.75) is 19.9 Å². The lowest BCUT2D eigenvalue weighted by atomic mass is 10.2. The molecule has 5 heteroatoms. The maximum Gasteiger partial charge on any atom is 0.242 e. The molecule has 1 amide bonds. The lowest BCUT2D eigenvalue weighted by molar-refractivity contribution is -0.123. The molecular weight excluding hydrogens is 302 g/mol. The fourth-order valence-electron chi connectivity index (χ4n) is 2.61. The van der Waals surface area contributed by atoms with Crippen LogP contribution in [0.1, 0.15) is 18.5 Å². The molecule has 24 heavy (non-hydrogen) atoms. The summed E-state index contributed by atoms with van der Waals surface area (Å²) >= 11 is 0. The van der Waals surface area contributed by atoms with Crippen molar-refractivity contribution in [3.05, 3.63) is 60.4 Å². The fourth-order valence-corrected chi connectivity index (χ4v) is 2.61. The maximum absolute atomic E-state index is 12.3. The summed E-state index contributed by atoms with van der Waals surface area (Å²) in [5.41, 5.74) is 2.99. The van der Waals surface area contributed by atoms with Crippen LogP contribution in [0.3, 0.4) is 0 Å². The van der Waals surface area contributed by atoms with E-state index in [1.807, 2.05) is 66.9 Å². The van der Waals surface area contributed by atoms with E-state index in [0.717, 1.165) is 22.3 Å². The molecule has 0 aliphatic rings. The van der Waals surface area contributed by atoms with Crippen LogP contribution in [-0.4, -0.2) is 28.6 Å². The average Bonchev–Trinajstić information content (AvgIpc) is 3.02. The zero-order valence-electron chi connectivity index (χ0n) is 13.9. The monoisotopic (exact) mass is 323 g/mol. The zero-order valence-corrected chi connectivity index (χ0v) is 13.9. The van der Waals surface area contributed by atoms with Gasteiger partial charge in [-0.15, -0.1) is 0 Å². The van der Waals surface area contributed by atoms with Gasteiger partial charge in [0.15, 0.2) is 0 Å². The number of benzene rings is 2. The predicted molar refractivity (Wildman–Crippen MR) is 94.1 cm³/mol. The highest BCUT2D eigenvalue weighted by molar-refractivity contribution is 5.83. The molecule has 0 fully saturated rings. The van der Waals surface area contributed by atoms with Crippen LogP contribution in [0.15, 0.2) is 54.9 Å². The van der Waals surface area contributed by atoms with Gasteiger partial charge in [-0.3, -0.25) is 4.79 Å². The standard InChI is InChI=1S/C19H21N3O2/c1-14-6-5-7-16(12-14)24-11-10-20-19(23)15(2)22-13-21-17-8-3-4-9-18(17)22/h3-9,12-13,15H,10-11H2,1-2H3,(H,20,23). The van der Waals surface area contributed by atoms with E-state index in [1.54, 1.807) is 6.33 Å². The Morgan fingerprint density at radius 2 is 2.08 bits per heavy atom. The fraction of sp³-hybridized carbons (Fsp3) is 0.263. The molecule has 1 N–H and O–H groups in total. The maximum atomic E-state index is 12.3. The van der Waals surface area contributed by atoms with Gasteiger partial charge in [-0.1, -0.05) is 24.3 Å². The van der Waals surface area contributed by atoms with E-state index in [-0.39, 0.29) is 11.9 Å². The van der Waals surface area contributed by atoms with E-state index in [4.69, 9.17) is 4.74 Å². The molecule has 1 aromatic heterocycles. The number of aryl methyl sites for hydroxylation is 1. The molecule has 0 aliphatic heterocycles. The molecule has 0 aliphatic carbocycles. The van der Waals surface area contributed by atoms with Gasteiger partial charge in [0.05, 0.1) is 23.9 Å². The van der Waals surface area contributed by atoms with Crippen molar-refractivity contribution in [2.24, 2.45) is 0 Å². The van der Waals surface area contributed by atoms with E-state index in [1.165, 1.54) is 0 Å². The number of rotatable bonds is 6. The number of carbonyl (C=O) groups is 1. The van der Waals surface area contributed by atoms with Gasteiger partial charge in [0.2, 0.25) is 5.91 Å². The second kappa shape index (κ2) is 7.17. The summed E-state index contributed by atoms with van der Waals surface area (Å²) in [5.74, 6) is 0.767. The van der Waals surface area contributed by atoms with Gasteiger partial charge in [0.25, 0.3) is 0 Å². The Morgan fingerprint density at radius 3 is 2.92 bits per heavy atom. The number of nitrogens with one attached hydrogen (secondary N) is 1. The van der Waals surface area contributed by atoms with Gasteiger partial charge < -0.3 is 14.6 Å². The van der Waals surface area contributed by atoms with Crippen LogP contribution in [0, 0.1) is 6.92 Å². The first kappa shape index (κ1) is 16.1. The van der Waals surface area contributed by atoms with Crippen LogP contribution in [0.2, 0.25) is 0 Å². The molecule has 5 nitrogen and oxygen atoms in total. The van der Waals surface area contributed by atoms with Crippen LogP contribution in [0.5, 0.6) is 5.75 Å². The summed E-state index contributed by atoms with van der Waals surface area (Å²) in [4.78, 5) is 16.7. The van der Waals surface area contributed by atoms with Gasteiger partial charge in [0.1, 0.15) is 18.4 Å². The van der Waals surface area contributed by atoms with Gasteiger partial charge in [0, 0.05) is 0 Å². The highest BCUT2D eigenvalue weighted by Gasteiger charge is 2.16. The van der Waals surface area contributed by atoms with Crippen molar-refractivity contribution < 1.29 is 9.53 Å². The number of carbonyl (C=O) groups excluding carboxylic acids is 1. The third kappa shape index (κ3) is 3.56. The smallest absolute Gasteiger partial charge is 0.242 e. The zero-order chi connectivity index (χ0) is 16.9. The summed E-state index contributed by atoms with van der Waals surface area (Å²) in [5, 5.41) is 2.91. The number of imidazole rings is 1. The quantitative estimate of drug-likeness (QED) is 0.709. The summed E-state index contributed by atoms with van der Waals surface area (Å²) in [6.07, 6.45) is 1.71. The van der Waals surface area contributed by atoms with Crippen molar-refractivity contribution >= 4 is 16.9 Å². The molecule has 0 saturated carbocycles. The predicted octanol–water partition coefficient (Wildman–Crippen LogP) is 3.10. The topological polar surface area (TPSA) is 56.1 Å². The number of amides is 1. The molecular formula is C19H21N3O2. The molecule has 0 spiro atoms. The van der Waals surface area contributed by atoms with Crippen LogP contribution in [0.4, 0.5) is 0 Å². The molecule has 2 aromatic carbocycles. The Kier molecular flexibility index (Phi) is 4.79. The molecule has 0 radical (unpaired) electrons. The average molecular weight is 323 g/mol. The summed E-state index contributed by atoms with van der Waals surface area (Å²) < 4.78 is 7.53. The molecule has 3 rings (SSSR count). The number of fused-ring (bicyclic) bond motifs is 1. The minimum absolute atomic E-state index is 0.0500. The molecule has 3 aromatic rings. The Labute approximate surface area is 141 Å². The Morgan fingerprint density at radius 1 is 1.25 bits per heavy atom.